The number of hydrogen-bond acceptors (Lipinski definition) is 5. The van der Waals surface area contributed by atoms with Crippen LogP contribution in [0.3, 0.4) is 0 Å². The van der Waals surface area contributed by atoms with Gasteiger partial charge in [-0.15, -0.1) is 0 Å². The second-order valence-electron chi connectivity index (χ2n) is 6.68. The van der Waals surface area contributed by atoms with Gasteiger partial charge in [-0.05, 0) is 24.8 Å². The molecule has 0 aliphatic heterocycles. The average Bonchev–Trinajstić information content (AvgIpc) is 2.76. The first-order valence-electron chi connectivity index (χ1n) is 9.76. The van der Waals surface area contributed by atoms with Crippen LogP contribution < -0.4 is 5.32 Å². The Kier molecular flexibility index (Phi) is 11.0. The number of allylic oxidation sites excluding steroid dienone is 3. The normalized spacial score (nSPS) is 13.3. The van der Waals surface area contributed by atoms with Crippen LogP contribution in [0.25, 0.3) is 0 Å². The lowest BCUT2D eigenvalue weighted by Gasteiger charge is -2.27. The van der Waals surface area contributed by atoms with Gasteiger partial charge < -0.3 is 19.7 Å². The van der Waals surface area contributed by atoms with Crippen molar-refractivity contribution in [1.29, 1.82) is 0 Å². The number of amides is 1. The number of hydrogen-bond donors (Lipinski definition) is 1. The minimum atomic E-state index is -0.449. The molecule has 0 heterocycles. The van der Waals surface area contributed by atoms with E-state index in [1.165, 1.54) is 22.9 Å². The SMILES string of the molecule is COC(CN(CC(=O)NCCC1=CCCC=C1)C(=S)SCc1ccccc1)OC. The quantitative estimate of drug-likeness (QED) is 0.421. The van der Waals surface area contributed by atoms with Crippen molar-refractivity contribution in [3.63, 3.8) is 0 Å². The summed E-state index contributed by atoms with van der Waals surface area (Å²) in [6, 6.07) is 10.1. The van der Waals surface area contributed by atoms with Gasteiger partial charge in [0.1, 0.15) is 4.32 Å². The van der Waals surface area contributed by atoms with Crippen LogP contribution >= 0.6 is 24.0 Å². The largest absolute Gasteiger partial charge is 0.354 e. The molecule has 0 radical (unpaired) electrons. The van der Waals surface area contributed by atoms with E-state index in [1.807, 2.05) is 23.1 Å². The van der Waals surface area contributed by atoms with Gasteiger partial charge in [-0.1, -0.05) is 78.1 Å². The van der Waals surface area contributed by atoms with Crippen LogP contribution in [-0.4, -0.2) is 55.3 Å². The fraction of sp³-hybridized carbons (Fsp3) is 0.455. The maximum atomic E-state index is 12.5. The van der Waals surface area contributed by atoms with E-state index in [4.69, 9.17) is 21.7 Å². The zero-order chi connectivity index (χ0) is 20.9. The third kappa shape index (κ3) is 9.12. The highest BCUT2D eigenvalue weighted by molar-refractivity contribution is 8.22. The van der Waals surface area contributed by atoms with Crippen LogP contribution in [0.2, 0.25) is 0 Å². The van der Waals surface area contributed by atoms with E-state index < -0.39 is 6.29 Å². The molecule has 1 amide bonds. The lowest BCUT2D eigenvalue weighted by Crippen LogP contribution is -2.43. The first-order chi connectivity index (χ1) is 14.1. The summed E-state index contributed by atoms with van der Waals surface area (Å²) < 4.78 is 11.3. The molecule has 1 aromatic rings. The Labute approximate surface area is 183 Å². The third-order valence-corrected chi connectivity index (χ3v) is 6.10. The van der Waals surface area contributed by atoms with Crippen molar-refractivity contribution in [1.82, 2.24) is 10.2 Å². The fourth-order valence-electron chi connectivity index (χ4n) is 2.87. The highest BCUT2D eigenvalue weighted by atomic mass is 32.2. The monoisotopic (exact) mass is 434 g/mol. The van der Waals surface area contributed by atoms with Gasteiger partial charge in [-0.25, -0.2) is 0 Å². The Morgan fingerprint density at radius 2 is 2.00 bits per heavy atom. The highest BCUT2D eigenvalue weighted by Crippen LogP contribution is 2.17. The Hall–Kier alpha value is -1.67. The van der Waals surface area contributed by atoms with Crippen molar-refractivity contribution in [2.45, 2.75) is 31.3 Å². The number of carbonyl (C=O) groups excluding carboxylic acids is 1. The Balaban J connectivity index is 1.86. The molecular weight excluding hydrogens is 404 g/mol. The lowest BCUT2D eigenvalue weighted by molar-refractivity contribution is -0.125. The molecule has 0 saturated carbocycles. The summed E-state index contributed by atoms with van der Waals surface area (Å²) in [6.45, 7) is 1.19. The minimum absolute atomic E-state index is 0.0565. The molecule has 0 spiro atoms. The smallest absolute Gasteiger partial charge is 0.239 e. The maximum absolute atomic E-state index is 12.5. The number of thioether (sulfide) groups is 1. The topological polar surface area (TPSA) is 50.8 Å². The molecule has 0 atom stereocenters. The molecule has 1 aliphatic carbocycles. The Bertz CT molecular complexity index is 703. The molecular formula is C22H30N2O3S2. The molecule has 5 nitrogen and oxygen atoms in total. The molecule has 7 heteroatoms. The van der Waals surface area contributed by atoms with E-state index in [2.05, 4.69) is 35.7 Å². The van der Waals surface area contributed by atoms with Crippen molar-refractivity contribution in [2.75, 3.05) is 33.9 Å². The number of thiocarbonyl (C=S) groups is 1. The van der Waals surface area contributed by atoms with Crippen LogP contribution in [0, 0.1) is 0 Å². The summed E-state index contributed by atoms with van der Waals surface area (Å²) in [6.07, 6.45) is 9.12. The second kappa shape index (κ2) is 13.5. The molecule has 0 bridgehead atoms. The predicted molar refractivity (Wildman–Crippen MR) is 124 cm³/mol. The summed E-state index contributed by atoms with van der Waals surface area (Å²) in [4.78, 5) is 14.3. The maximum Gasteiger partial charge on any atom is 0.239 e. The predicted octanol–water partition coefficient (Wildman–Crippen LogP) is 3.91. The van der Waals surface area contributed by atoms with Crippen molar-refractivity contribution in [2.24, 2.45) is 0 Å². The first-order valence-corrected chi connectivity index (χ1v) is 11.1. The van der Waals surface area contributed by atoms with E-state index in [-0.39, 0.29) is 12.5 Å². The van der Waals surface area contributed by atoms with Crippen LogP contribution in [-0.2, 0) is 20.0 Å². The number of ether oxygens (including phenoxy) is 2. The van der Waals surface area contributed by atoms with Crippen molar-refractivity contribution >= 4 is 34.2 Å². The van der Waals surface area contributed by atoms with E-state index in [9.17, 15) is 4.79 Å². The number of nitrogens with one attached hydrogen (secondary N) is 1. The van der Waals surface area contributed by atoms with Crippen LogP contribution in [0.4, 0.5) is 0 Å². The molecule has 158 valence electrons. The molecule has 0 unspecified atom stereocenters. The van der Waals surface area contributed by atoms with Gasteiger partial charge >= 0.3 is 0 Å². The van der Waals surface area contributed by atoms with Gasteiger partial charge in [0.2, 0.25) is 5.91 Å². The summed E-state index contributed by atoms with van der Waals surface area (Å²) >= 11 is 7.14. The molecule has 1 N–H and O–H groups in total. The Morgan fingerprint density at radius 3 is 2.66 bits per heavy atom. The van der Waals surface area contributed by atoms with Gasteiger partial charge in [-0.3, -0.25) is 4.79 Å². The van der Waals surface area contributed by atoms with E-state index in [0.717, 1.165) is 25.0 Å². The summed E-state index contributed by atoms with van der Waals surface area (Å²) in [5.41, 5.74) is 2.47. The lowest BCUT2D eigenvalue weighted by atomic mass is 10.0. The molecule has 0 saturated heterocycles. The molecule has 29 heavy (non-hydrogen) atoms. The molecule has 2 rings (SSSR count). The molecule has 1 aliphatic rings. The Morgan fingerprint density at radius 1 is 1.24 bits per heavy atom. The standard InChI is InChI=1S/C22H30N2O3S2/c1-26-21(27-2)16-24(22(28)29-17-19-11-7-4-8-12-19)15-20(25)23-14-13-18-9-5-3-6-10-18/h4-5,7-12,21H,3,6,13-17H2,1-2H3,(H,23,25). The zero-order valence-electron chi connectivity index (χ0n) is 17.1. The van der Waals surface area contributed by atoms with Gasteiger partial charge in [0.05, 0.1) is 13.1 Å². The molecule has 0 fully saturated rings. The summed E-state index contributed by atoms with van der Waals surface area (Å²) in [7, 11) is 3.16. The molecule has 1 aromatic carbocycles. The van der Waals surface area contributed by atoms with Crippen LogP contribution in [0.5, 0.6) is 0 Å². The number of benzene rings is 1. The van der Waals surface area contributed by atoms with Gasteiger partial charge in [0, 0.05) is 26.5 Å². The average molecular weight is 435 g/mol. The van der Waals surface area contributed by atoms with Gasteiger partial charge in [0.25, 0.3) is 0 Å². The van der Waals surface area contributed by atoms with E-state index in [1.54, 1.807) is 14.2 Å². The van der Waals surface area contributed by atoms with E-state index in [0.29, 0.717) is 17.4 Å². The van der Waals surface area contributed by atoms with Crippen LogP contribution in [0.15, 0.2) is 54.1 Å². The third-order valence-electron chi connectivity index (χ3n) is 4.50. The van der Waals surface area contributed by atoms with Crippen molar-refractivity contribution < 1.29 is 14.3 Å². The first kappa shape index (κ1) is 23.6. The fourth-order valence-corrected chi connectivity index (χ4v) is 3.99. The summed E-state index contributed by atoms with van der Waals surface area (Å²) in [5, 5.41) is 2.99. The van der Waals surface area contributed by atoms with Gasteiger partial charge in [0.15, 0.2) is 6.29 Å². The minimum Gasteiger partial charge on any atom is -0.354 e. The number of nitrogens with zero attached hydrogens (tertiary/aromatic N) is 1. The number of carbonyl (C=O) groups is 1. The van der Waals surface area contributed by atoms with Crippen LogP contribution in [0.1, 0.15) is 24.8 Å². The second-order valence-corrected chi connectivity index (χ2v) is 8.29. The van der Waals surface area contributed by atoms with E-state index >= 15 is 0 Å². The molecule has 0 aromatic heterocycles. The highest BCUT2D eigenvalue weighted by Gasteiger charge is 2.19. The van der Waals surface area contributed by atoms with Crippen molar-refractivity contribution in [3.05, 3.63) is 59.7 Å². The number of rotatable bonds is 11. The number of methoxy groups -OCH3 is 2. The summed E-state index contributed by atoms with van der Waals surface area (Å²) in [5.74, 6) is 0.696. The zero-order valence-corrected chi connectivity index (χ0v) is 18.8. The van der Waals surface area contributed by atoms with Crippen molar-refractivity contribution in [3.8, 4) is 0 Å². The van der Waals surface area contributed by atoms with Gasteiger partial charge in [-0.2, -0.15) is 0 Å².